The Bertz CT molecular complexity index is 547. The molecule has 0 bridgehead atoms. The van der Waals surface area contributed by atoms with Gasteiger partial charge in [-0.2, -0.15) is 0 Å². The molecule has 0 aromatic heterocycles. The number of hydrogen-bond acceptors (Lipinski definition) is 3. The van der Waals surface area contributed by atoms with Crippen molar-refractivity contribution in [3.05, 3.63) is 48.0 Å². The van der Waals surface area contributed by atoms with Gasteiger partial charge in [0.05, 0.1) is 6.10 Å². The van der Waals surface area contributed by atoms with Crippen LogP contribution in [0.15, 0.2) is 42.5 Å². The molecule has 0 unspecified atom stereocenters. The molecule has 3 N–H and O–H groups in total. The molecule has 0 saturated heterocycles. The van der Waals surface area contributed by atoms with E-state index in [0.29, 0.717) is 0 Å². The lowest BCUT2D eigenvalue weighted by Crippen LogP contribution is -2.05. The zero-order chi connectivity index (χ0) is 13.8. The molecule has 0 aliphatic heterocycles. The van der Waals surface area contributed by atoms with Crippen molar-refractivity contribution < 1.29 is 4.74 Å². The molecule has 0 spiro atoms. The maximum atomic E-state index is 5.80. The highest BCUT2D eigenvalue weighted by Gasteiger charge is 2.01. The molecule has 0 aliphatic rings. The number of benzene rings is 2. The molecule has 0 aliphatic carbocycles. The lowest BCUT2D eigenvalue weighted by atomic mass is 10.1. The number of hydrogen-bond donors (Lipinski definition) is 2. The molecule has 19 heavy (non-hydrogen) atoms. The van der Waals surface area contributed by atoms with Crippen molar-refractivity contribution in [2.45, 2.75) is 26.9 Å². The van der Waals surface area contributed by atoms with Crippen molar-refractivity contribution >= 4 is 17.1 Å². The first-order valence-electron chi connectivity index (χ1n) is 6.44. The Hall–Kier alpha value is -2.16. The van der Waals surface area contributed by atoms with Gasteiger partial charge in [0.1, 0.15) is 5.75 Å². The standard InChI is InChI=1S/C16H20N2O/c1-11(2)19-15-8-6-14(7-9-15)18-16-10-13(17)5-4-12(16)3/h4-11,18H,17H2,1-3H3. The average Bonchev–Trinajstić information content (AvgIpc) is 2.35. The molecule has 0 radical (unpaired) electrons. The van der Waals surface area contributed by atoms with Crippen LogP contribution in [0.25, 0.3) is 0 Å². The van der Waals surface area contributed by atoms with Crippen molar-refractivity contribution in [1.82, 2.24) is 0 Å². The molecular weight excluding hydrogens is 236 g/mol. The van der Waals surface area contributed by atoms with Crippen LogP contribution in [-0.4, -0.2) is 6.10 Å². The normalized spacial score (nSPS) is 10.5. The predicted molar refractivity (Wildman–Crippen MR) is 81.1 cm³/mol. The molecule has 3 nitrogen and oxygen atoms in total. The SMILES string of the molecule is Cc1ccc(N)cc1Nc1ccc(OC(C)C)cc1. The highest BCUT2D eigenvalue weighted by atomic mass is 16.5. The predicted octanol–water partition coefficient (Wildman–Crippen LogP) is 4.11. The fraction of sp³-hybridized carbons (Fsp3) is 0.250. The minimum absolute atomic E-state index is 0.190. The summed E-state index contributed by atoms with van der Waals surface area (Å²) in [7, 11) is 0. The van der Waals surface area contributed by atoms with E-state index in [1.165, 1.54) is 0 Å². The van der Waals surface area contributed by atoms with Gasteiger partial charge in [0.25, 0.3) is 0 Å². The van der Waals surface area contributed by atoms with Crippen molar-refractivity contribution in [1.29, 1.82) is 0 Å². The second-order valence-electron chi connectivity index (χ2n) is 4.89. The third-order valence-corrected chi connectivity index (χ3v) is 2.77. The van der Waals surface area contributed by atoms with Crippen LogP contribution in [0, 0.1) is 6.92 Å². The molecule has 0 heterocycles. The van der Waals surface area contributed by atoms with Gasteiger partial charge in [-0.3, -0.25) is 0 Å². The van der Waals surface area contributed by atoms with Gasteiger partial charge in [-0.05, 0) is 62.7 Å². The van der Waals surface area contributed by atoms with E-state index in [-0.39, 0.29) is 6.10 Å². The van der Waals surface area contributed by atoms with E-state index >= 15 is 0 Å². The van der Waals surface area contributed by atoms with Gasteiger partial charge in [-0.25, -0.2) is 0 Å². The molecule has 0 fully saturated rings. The largest absolute Gasteiger partial charge is 0.491 e. The summed E-state index contributed by atoms with van der Waals surface area (Å²) in [4.78, 5) is 0. The van der Waals surface area contributed by atoms with Crippen LogP contribution in [0.3, 0.4) is 0 Å². The summed E-state index contributed by atoms with van der Waals surface area (Å²) in [5, 5.41) is 3.36. The van der Waals surface area contributed by atoms with Crippen LogP contribution < -0.4 is 15.8 Å². The van der Waals surface area contributed by atoms with Gasteiger partial charge in [-0.1, -0.05) is 6.07 Å². The van der Waals surface area contributed by atoms with Crippen LogP contribution in [0.5, 0.6) is 5.75 Å². The molecule has 2 aromatic carbocycles. The summed E-state index contributed by atoms with van der Waals surface area (Å²) in [6, 6.07) is 13.8. The van der Waals surface area contributed by atoms with Gasteiger partial charge in [0.2, 0.25) is 0 Å². The Kier molecular flexibility index (Phi) is 3.95. The summed E-state index contributed by atoms with van der Waals surface area (Å²) in [5.41, 5.74) is 9.76. The summed E-state index contributed by atoms with van der Waals surface area (Å²) in [6.07, 6.45) is 0.190. The maximum absolute atomic E-state index is 5.80. The van der Waals surface area contributed by atoms with Crippen LogP contribution >= 0.6 is 0 Å². The smallest absolute Gasteiger partial charge is 0.119 e. The lowest BCUT2D eigenvalue weighted by Gasteiger charge is -2.12. The van der Waals surface area contributed by atoms with E-state index in [9.17, 15) is 0 Å². The Morgan fingerprint density at radius 2 is 1.74 bits per heavy atom. The number of aryl methyl sites for hydroxylation is 1. The van der Waals surface area contributed by atoms with Crippen LogP contribution in [0.4, 0.5) is 17.1 Å². The van der Waals surface area contributed by atoms with Crippen LogP contribution in [-0.2, 0) is 0 Å². The monoisotopic (exact) mass is 256 g/mol. The zero-order valence-electron chi connectivity index (χ0n) is 11.6. The summed E-state index contributed by atoms with van der Waals surface area (Å²) >= 11 is 0. The second kappa shape index (κ2) is 5.65. The van der Waals surface area contributed by atoms with Crippen LogP contribution in [0.1, 0.15) is 19.4 Å². The summed E-state index contributed by atoms with van der Waals surface area (Å²) in [6.45, 7) is 6.09. The molecule has 0 amide bonds. The quantitative estimate of drug-likeness (QED) is 0.809. The van der Waals surface area contributed by atoms with Gasteiger partial charge < -0.3 is 15.8 Å². The highest BCUT2D eigenvalue weighted by molar-refractivity contribution is 5.67. The lowest BCUT2D eigenvalue weighted by molar-refractivity contribution is 0.242. The maximum Gasteiger partial charge on any atom is 0.119 e. The van der Waals surface area contributed by atoms with Crippen molar-refractivity contribution in [2.75, 3.05) is 11.1 Å². The molecule has 0 atom stereocenters. The number of nitrogen functional groups attached to an aromatic ring is 1. The van der Waals surface area contributed by atoms with Gasteiger partial charge in [0.15, 0.2) is 0 Å². The van der Waals surface area contributed by atoms with E-state index in [1.54, 1.807) is 0 Å². The van der Waals surface area contributed by atoms with Gasteiger partial charge in [-0.15, -0.1) is 0 Å². The number of rotatable bonds is 4. The Balaban J connectivity index is 2.13. The van der Waals surface area contributed by atoms with Crippen molar-refractivity contribution in [2.24, 2.45) is 0 Å². The van der Waals surface area contributed by atoms with E-state index in [2.05, 4.69) is 12.2 Å². The minimum Gasteiger partial charge on any atom is -0.491 e. The molecule has 2 aromatic rings. The second-order valence-corrected chi connectivity index (χ2v) is 4.89. The number of nitrogens with two attached hydrogens (primary N) is 1. The van der Waals surface area contributed by atoms with Gasteiger partial charge >= 0.3 is 0 Å². The fourth-order valence-corrected chi connectivity index (χ4v) is 1.82. The molecule has 100 valence electrons. The van der Waals surface area contributed by atoms with E-state index < -0.39 is 0 Å². The van der Waals surface area contributed by atoms with E-state index in [0.717, 1.165) is 28.4 Å². The number of anilines is 3. The van der Waals surface area contributed by atoms with Crippen LogP contribution in [0.2, 0.25) is 0 Å². The molecular formula is C16H20N2O. The Morgan fingerprint density at radius 1 is 1.05 bits per heavy atom. The van der Waals surface area contributed by atoms with E-state index in [4.69, 9.17) is 10.5 Å². The first-order valence-corrected chi connectivity index (χ1v) is 6.44. The first kappa shape index (κ1) is 13.3. The molecule has 0 saturated carbocycles. The fourth-order valence-electron chi connectivity index (χ4n) is 1.82. The highest BCUT2D eigenvalue weighted by Crippen LogP contribution is 2.24. The summed E-state index contributed by atoms with van der Waals surface area (Å²) in [5.74, 6) is 0.879. The van der Waals surface area contributed by atoms with Gasteiger partial charge in [0, 0.05) is 17.1 Å². The minimum atomic E-state index is 0.190. The Morgan fingerprint density at radius 3 is 2.37 bits per heavy atom. The Labute approximate surface area is 114 Å². The average molecular weight is 256 g/mol. The third-order valence-electron chi connectivity index (χ3n) is 2.77. The number of nitrogens with one attached hydrogen (secondary N) is 1. The first-order chi connectivity index (χ1) is 9.04. The van der Waals surface area contributed by atoms with Crippen molar-refractivity contribution in [3.63, 3.8) is 0 Å². The third kappa shape index (κ3) is 3.65. The zero-order valence-corrected chi connectivity index (χ0v) is 11.6. The summed E-state index contributed by atoms with van der Waals surface area (Å²) < 4.78 is 5.61. The van der Waals surface area contributed by atoms with Crippen molar-refractivity contribution in [3.8, 4) is 5.75 Å². The molecule has 2 rings (SSSR count). The topological polar surface area (TPSA) is 47.3 Å². The molecule has 3 heteroatoms. The van der Waals surface area contributed by atoms with E-state index in [1.807, 2.05) is 56.3 Å². The number of ether oxygens (including phenoxy) is 1.